The van der Waals surface area contributed by atoms with Crippen LogP contribution in [0.15, 0.2) is 134 Å². The van der Waals surface area contributed by atoms with Gasteiger partial charge >= 0.3 is 0 Å². The number of carbonyl (C=O) groups excluding carboxylic acids is 4. The number of alkyl halides is 1. The van der Waals surface area contributed by atoms with Crippen molar-refractivity contribution >= 4 is 119 Å². The lowest BCUT2D eigenvalue weighted by Crippen LogP contribution is -2.51. The van der Waals surface area contributed by atoms with Crippen molar-refractivity contribution in [3.8, 4) is 22.5 Å². The molecule has 0 radical (unpaired) electrons. The minimum atomic E-state index is -0.440. The molecule has 10 rings (SSSR count). The van der Waals surface area contributed by atoms with E-state index in [9.17, 15) is 19.2 Å². The van der Waals surface area contributed by atoms with Crippen LogP contribution in [0, 0.1) is 0 Å². The van der Waals surface area contributed by atoms with Crippen molar-refractivity contribution in [2.45, 2.75) is 95.8 Å². The summed E-state index contributed by atoms with van der Waals surface area (Å²) in [4.78, 5) is 83.0. The van der Waals surface area contributed by atoms with Gasteiger partial charge in [0, 0.05) is 86.4 Å². The Hall–Kier alpha value is -7.75. The number of amides is 3. The molecule has 2 fully saturated rings. The summed E-state index contributed by atoms with van der Waals surface area (Å²) in [5.41, 5.74) is 11.8. The first-order valence-corrected chi connectivity index (χ1v) is 29.2. The smallest absolute Gasteiger partial charge is 0.270 e. The summed E-state index contributed by atoms with van der Waals surface area (Å²) in [5, 5.41) is 19.3. The summed E-state index contributed by atoms with van der Waals surface area (Å²) < 4.78 is 0. The van der Waals surface area contributed by atoms with Gasteiger partial charge in [-0.15, -0.1) is 0 Å². The largest absolute Gasteiger partial charge is 0.397 e. The Morgan fingerprint density at radius 2 is 1.19 bits per heavy atom. The van der Waals surface area contributed by atoms with Crippen LogP contribution in [0.2, 0.25) is 10.0 Å². The Bertz CT molecular complexity index is 3620. The van der Waals surface area contributed by atoms with Gasteiger partial charge in [0.05, 0.1) is 57.6 Å². The predicted octanol–water partition coefficient (Wildman–Crippen LogP) is 12.4. The van der Waals surface area contributed by atoms with E-state index in [2.05, 4.69) is 79.3 Å². The number of hydrogen-bond donors (Lipinski definition) is 8. The molecule has 2 aliphatic rings. The van der Waals surface area contributed by atoms with Crippen LogP contribution in [0.3, 0.4) is 0 Å². The number of H-pyrrole nitrogens is 2. The number of carbonyl (C=O) groups is 4. The molecule has 23 heteroatoms. The highest BCUT2D eigenvalue weighted by atomic mass is 79.9. The maximum absolute atomic E-state index is 13.1. The van der Waals surface area contributed by atoms with Crippen molar-refractivity contribution in [2.75, 3.05) is 47.7 Å². The molecule has 6 aromatic heterocycles. The number of benzene rings is 2. The quantitative estimate of drug-likeness (QED) is 0.0254. The summed E-state index contributed by atoms with van der Waals surface area (Å²) in [5.74, 6) is 0.308. The highest BCUT2D eigenvalue weighted by Gasteiger charge is 2.36. The van der Waals surface area contributed by atoms with E-state index in [4.69, 9.17) is 50.5 Å². The second kappa shape index (κ2) is 29.7. The minimum Gasteiger partial charge on any atom is -0.397 e. The van der Waals surface area contributed by atoms with E-state index in [1.54, 1.807) is 48.8 Å². The van der Waals surface area contributed by atoms with Gasteiger partial charge < -0.3 is 47.2 Å². The van der Waals surface area contributed by atoms with Crippen LogP contribution in [-0.4, -0.2) is 117 Å². The average molecular weight is 1260 g/mol. The number of nitrogen functional groups attached to an aromatic ring is 1. The Morgan fingerprint density at radius 3 is 1.63 bits per heavy atom. The second-order valence-corrected chi connectivity index (χ2v) is 22.9. The molecule has 84 heavy (non-hydrogen) atoms. The lowest BCUT2D eigenvalue weighted by molar-refractivity contribution is -0.112. The van der Waals surface area contributed by atoms with Crippen LogP contribution < -0.4 is 32.3 Å². The highest BCUT2D eigenvalue weighted by molar-refractivity contribution is 9.09. The summed E-state index contributed by atoms with van der Waals surface area (Å²) in [7, 11) is 3.85. The van der Waals surface area contributed by atoms with Gasteiger partial charge in [-0.3, -0.25) is 19.2 Å². The molecule has 0 spiro atoms. The van der Waals surface area contributed by atoms with Crippen LogP contribution in [0.25, 0.3) is 44.3 Å². The standard InChI is InChI=1S/C31H35ClN8O2.C25H26ClN7O.C4H4BrClO.CH4/c1-31(39-29(42)26-13-12-21(17-33-26)36-27(41)11-7-15-40(2)3)14-6-8-20(16-31)37-30-35-19-24(32)28(38-30)23-18-34-25-10-5-4-9-22(23)25;1-25(33-23(34)21-9-8-15(27)12-28-21)10-4-5-16(11-25)31-24-30-14-19(26)22(32-24)18-13-29-20-7-3-2-6-17(18)20;5-3-1-2-4(6)7;/h4-5,7,9-13,17-20,34H,6,8,14-16H2,1-3H3,(H,36,41)(H,39,42)(H,35,37,38);2-3,6-9,12-14,16,29H,4-5,10-11,27H2,1H3,(H,33,34)(H,30,31,32);1-2H,3H2;1H4/b11-7+;;2-1+;/t20-,31+;16-,25+;;/m11../s1. The topological polar surface area (TPSA) is 267 Å². The van der Waals surface area contributed by atoms with Crippen molar-refractivity contribution in [1.82, 2.24) is 55.4 Å². The molecule has 2 saturated carbocycles. The fourth-order valence-corrected chi connectivity index (χ4v) is 10.8. The highest BCUT2D eigenvalue weighted by Crippen LogP contribution is 2.36. The van der Waals surface area contributed by atoms with Crippen LogP contribution in [0.4, 0.5) is 23.3 Å². The van der Waals surface area contributed by atoms with Gasteiger partial charge in [-0.1, -0.05) is 95.1 Å². The predicted molar refractivity (Wildman–Crippen MR) is 342 cm³/mol. The van der Waals surface area contributed by atoms with Crippen LogP contribution >= 0.6 is 50.7 Å². The minimum absolute atomic E-state index is 0. The van der Waals surface area contributed by atoms with Gasteiger partial charge in [-0.2, -0.15) is 0 Å². The lowest BCUT2D eigenvalue weighted by Gasteiger charge is -2.39. The van der Waals surface area contributed by atoms with Gasteiger partial charge in [0.2, 0.25) is 23.0 Å². The van der Waals surface area contributed by atoms with Crippen molar-refractivity contribution < 1.29 is 19.2 Å². The average Bonchev–Trinajstić information content (AvgIpc) is 3.92. The van der Waals surface area contributed by atoms with E-state index in [-0.39, 0.29) is 48.5 Å². The van der Waals surface area contributed by atoms with E-state index in [1.807, 2.05) is 86.8 Å². The number of hydrogen-bond acceptors (Lipinski definition) is 14. The van der Waals surface area contributed by atoms with Gasteiger partial charge in [-0.05, 0) is 133 Å². The molecule has 440 valence electrons. The number of likely N-dealkylation sites (N-methyl/N-ethyl adjacent to an activating group) is 1. The number of para-hydroxylation sites is 2. The monoisotopic (exact) mass is 1260 g/mol. The third kappa shape index (κ3) is 17.6. The third-order valence-electron chi connectivity index (χ3n) is 14.0. The summed E-state index contributed by atoms with van der Waals surface area (Å²) in [6.07, 6.45) is 23.2. The molecular formula is C61H69BrCl3N15O4. The summed E-state index contributed by atoms with van der Waals surface area (Å²) >= 11 is 21.0. The van der Waals surface area contributed by atoms with Gasteiger partial charge in [-0.25, -0.2) is 29.9 Å². The van der Waals surface area contributed by atoms with Crippen molar-refractivity contribution in [2.24, 2.45) is 0 Å². The molecule has 9 N–H and O–H groups in total. The Kier molecular flexibility index (Phi) is 22.5. The number of aromatic amines is 2. The second-order valence-electron chi connectivity index (χ2n) is 21.1. The Labute approximate surface area is 512 Å². The molecule has 2 aromatic carbocycles. The molecule has 0 unspecified atom stereocenters. The van der Waals surface area contributed by atoms with E-state index in [0.29, 0.717) is 68.7 Å². The number of fused-ring (bicyclic) bond motifs is 2. The van der Waals surface area contributed by atoms with E-state index >= 15 is 0 Å². The zero-order chi connectivity index (χ0) is 59.1. The molecule has 6 heterocycles. The van der Waals surface area contributed by atoms with E-state index < -0.39 is 10.8 Å². The zero-order valence-electron chi connectivity index (χ0n) is 46.3. The van der Waals surface area contributed by atoms with Crippen LogP contribution in [0.5, 0.6) is 0 Å². The van der Waals surface area contributed by atoms with E-state index in [0.717, 1.165) is 77.9 Å². The van der Waals surface area contributed by atoms with Gasteiger partial charge in [0.15, 0.2) is 0 Å². The van der Waals surface area contributed by atoms with Gasteiger partial charge in [0.25, 0.3) is 11.8 Å². The molecule has 8 aromatic rings. The third-order valence-corrected chi connectivity index (χ3v) is 15.0. The summed E-state index contributed by atoms with van der Waals surface area (Å²) in [6.45, 7) is 4.78. The first-order valence-electron chi connectivity index (χ1n) is 26.9. The lowest BCUT2D eigenvalue weighted by atomic mass is 9.80. The number of pyridine rings is 2. The number of allylic oxidation sites excluding steroid dienone is 2. The molecule has 0 aliphatic heterocycles. The van der Waals surface area contributed by atoms with Crippen molar-refractivity contribution in [3.05, 3.63) is 156 Å². The molecule has 3 amide bonds. The normalized spacial score (nSPS) is 18.4. The first kappa shape index (κ1) is 63.8. The molecule has 4 atom stereocenters. The number of aromatic nitrogens is 8. The SMILES string of the molecule is C.CN(C)C/C=C/C(=O)Nc1ccc(C(=O)N[C@@]2(C)CCC[C@@H](Nc3ncc(Cl)c(-c4c[nH]c5ccccc45)n3)C2)nc1.C[C@]1(NC(=O)c2ccc(N)cn2)CCC[C@@H](Nc2ncc(Cl)c(-c3c[nH]c4ccccc34)n2)C1.O=C(Cl)/C=C/CBr. The Balaban J connectivity index is 0.000000217. The van der Waals surface area contributed by atoms with Crippen molar-refractivity contribution in [1.29, 1.82) is 0 Å². The van der Waals surface area contributed by atoms with Gasteiger partial charge in [0.1, 0.15) is 11.4 Å². The fraction of sp³-hybridized carbons (Fsp3) is 0.311. The van der Waals surface area contributed by atoms with Crippen LogP contribution in [-0.2, 0) is 9.59 Å². The first-order chi connectivity index (χ1) is 39.9. The number of anilines is 4. The molecule has 2 aliphatic carbocycles. The number of nitrogens with one attached hydrogen (secondary N) is 7. The van der Waals surface area contributed by atoms with E-state index in [1.165, 1.54) is 24.5 Å². The number of halogens is 4. The maximum atomic E-state index is 13.1. The fourth-order valence-electron chi connectivity index (χ4n) is 10.1. The number of nitrogens with zero attached hydrogens (tertiary/aromatic N) is 7. The van der Waals surface area contributed by atoms with Crippen LogP contribution in [0.1, 0.15) is 93.6 Å². The molecule has 0 saturated heterocycles. The Morgan fingerprint density at radius 1 is 0.690 bits per heavy atom. The molecular weight excluding hydrogens is 1190 g/mol. The molecule has 0 bridgehead atoms. The zero-order valence-corrected chi connectivity index (χ0v) is 50.1. The maximum Gasteiger partial charge on any atom is 0.270 e. The number of nitrogens with two attached hydrogens (primary N) is 1. The summed E-state index contributed by atoms with van der Waals surface area (Å²) in [6, 6.07) is 22.8. The number of rotatable bonds is 16. The molecule has 19 nitrogen and oxygen atoms in total. The van der Waals surface area contributed by atoms with Crippen molar-refractivity contribution in [3.63, 3.8) is 0 Å².